The number of carbonyl (C=O) groups is 1. The Morgan fingerprint density at radius 2 is 1.75 bits per heavy atom. The fourth-order valence-corrected chi connectivity index (χ4v) is 5.02. The number of rotatable bonds is 4. The van der Waals surface area contributed by atoms with E-state index in [1.54, 1.807) is 12.4 Å². The van der Waals surface area contributed by atoms with Crippen LogP contribution in [0.3, 0.4) is 0 Å². The lowest BCUT2D eigenvalue weighted by Crippen LogP contribution is -2.50. The molecule has 28 heavy (non-hydrogen) atoms. The molecule has 1 aromatic heterocycles. The van der Waals surface area contributed by atoms with Crippen molar-refractivity contribution in [2.24, 2.45) is 11.8 Å². The van der Waals surface area contributed by atoms with Crippen LogP contribution in [0.15, 0.2) is 18.5 Å². The number of carbonyl (C=O) groups excluding carboxylic acids is 1. The molecule has 1 N–H and O–H groups in total. The maximum Gasteiger partial charge on any atom is 0.236 e. The minimum atomic E-state index is -0.278. The monoisotopic (exact) mass is 388 g/mol. The zero-order valence-electron chi connectivity index (χ0n) is 16.9. The SMILES string of the molecule is CN(C)[C@@H]1C[C@@H]2CN(C(=O)CN3CCN(c4ncccn4)CC3)C[C@@H]2C[C@H]1O. The molecule has 8 heteroatoms. The van der Waals surface area contributed by atoms with Crippen LogP contribution in [0.4, 0.5) is 5.95 Å². The number of aromatic nitrogens is 2. The van der Waals surface area contributed by atoms with Crippen LogP contribution in [0, 0.1) is 11.8 Å². The van der Waals surface area contributed by atoms with Gasteiger partial charge in [0.25, 0.3) is 0 Å². The van der Waals surface area contributed by atoms with Crippen molar-refractivity contribution in [1.82, 2.24) is 24.7 Å². The molecule has 4 rings (SSSR count). The van der Waals surface area contributed by atoms with Gasteiger partial charge in [-0.25, -0.2) is 9.97 Å². The van der Waals surface area contributed by atoms with Crippen LogP contribution in [0.1, 0.15) is 12.8 Å². The highest BCUT2D eigenvalue weighted by molar-refractivity contribution is 5.78. The van der Waals surface area contributed by atoms with Gasteiger partial charge in [0.15, 0.2) is 0 Å². The Kier molecular flexibility index (Phi) is 5.80. The summed E-state index contributed by atoms with van der Waals surface area (Å²) in [6, 6.07) is 2.04. The number of likely N-dealkylation sites (tertiary alicyclic amines) is 1. The molecule has 0 aromatic carbocycles. The number of piperazine rings is 1. The predicted molar refractivity (Wildman–Crippen MR) is 107 cm³/mol. The average Bonchev–Trinajstić information content (AvgIpc) is 3.11. The van der Waals surface area contributed by atoms with Crippen LogP contribution < -0.4 is 4.90 Å². The number of amides is 1. The van der Waals surface area contributed by atoms with Crippen molar-refractivity contribution in [1.29, 1.82) is 0 Å². The smallest absolute Gasteiger partial charge is 0.236 e. The lowest BCUT2D eigenvalue weighted by molar-refractivity contribution is -0.131. The van der Waals surface area contributed by atoms with Gasteiger partial charge in [0.1, 0.15) is 0 Å². The molecule has 3 aliphatic rings. The average molecular weight is 389 g/mol. The summed E-state index contributed by atoms with van der Waals surface area (Å²) in [6.45, 7) is 5.54. The Hall–Kier alpha value is -1.77. The Bertz CT molecular complexity index is 664. The van der Waals surface area contributed by atoms with E-state index in [-0.39, 0.29) is 18.1 Å². The number of anilines is 1. The highest BCUT2D eigenvalue weighted by Gasteiger charge is 2.43. The van der Waals surface area contributed by atoms with Gasteiger partial charge >= 0.3 is 0 Å². The Morgan fingerprint density at radius 1 is 1.11 bits per heavy atom. The van der Waals surface area contributed by atoms with Gasteiger partial charge < -0.3 is 19.8 Å². The van der Waals surface area contributed by atoms with Crippen molar-refractivity contribution in [3.8, 4) is 0 Å². The standard InChI is InChI=1S/C20H32N6O2/c1-23(2)17-10-15-12-26(13-16(15)11-18(17)27)19(28)14-24-6-8-25(9-7-24)20-21-4-3-5-22-20/h3-5,15-18,27H,6-14H2,1-2H3/t15-,16+,17-,18-/m1/s1. The molecule has 3 heterocycles. The van der Waals surface area contributed by atoms with Crippen LogP contribution in [0.5, 0.6) is 0 Å². The van der Waals surface area contributed by atoms with Gasteiger partial charge in [-0.1, -0.05) is 0 Å². The molecule has 1 aliphatic carbocycles. The van der Waals surface area contributed by atoms with E-state index in [4.69, 9.17) is 0 Å². The maximum absolute atomic E-state index is 12.9. The topological polar surface area (TPSA) is 76.0 Å². The summed E-state index contributed by atoms with van der Waals surface area (Å²) in [5.41, 5.74) is 0. The van der Waals surface area contributed by atoms with Gasteiger partial charge in [0.05, 0.1) is 12.6 Å². The number of fused-ring (bicyclic) bond motifs is 1. The molecule has 154 valence electrons. The van der Waals surface area contributed by atoms with E-state index in [9.17, 15) is 9.90 Å². The normalized spacial score (nSPS) is 31.3. The first-order chi connectivity index (χ1) is 13.5. The van der Waals surface area contributed by atoms with E-state index in [0.717, 1.165) is 58.1 Å². The number of aliphatic hydroxyl groups excluding tert-OH is 1. The first kappa shape index (κ1) is 19.5. The van der Waals surface area contributed by atoms with Crippen molar-refractivity contribution in [3.05, 3.63) is 18.5 Å². The molecule has 0 bridgehead atoms. The van der Waals surface area contributed by atoms with Gasteiger partial charge in [-0.05, 0) is 44.8 Å². The summed E-state index contributed by atoms with van der Waals surface area (Å²) in [6.07, 6.45) is 5.05. The quantitative estimate of drug-likeness (QED) is 0.763. The third kappa shape index (κ3) is 4.14. The Balaban J connectivity index is 1.26. The molecule has 2 aliphatic heterocycles. The summed E-state index contributed by atoms with van der Waals surface area (Å²) in [5, 5.41) is 10.4. The van der Waals surface area contributed by atoms with E-state index in [1.165, 1.54) is 0 Å². The summed E-state index contributed by atoms with van der Waals surface area (Å²) in [4.78, 5) is 30.1. The minimum absolute atomic E-state index is 0.213. The number of aliphatic hydroxyl groups is 1. The first-order valence-electron chi connectivity index (χ1n) is 10.4. The van der Waals surface area contributed by atoms with Gasteiger partial charge in [0.2, 0.25) is 11.9 Å². The van der Waals surface area contributed by atoms with E-state index in [1.807, 2.05) is 25.1 Å². The Morgan fingerprint density at radius 3 is 2.39 bits per heavy atom. The van der Waals surface area contributed by atoms with E-state index >= 15 is 0 Å². The molecular weight excluding hydrogens is 356 g/mol. The summed E-state index contributed by atoms with van der Waals surface area (Å²) < 4.78 is 0. The second kappa shape index (κ2) is 8.31. The van der Waals surface area contributed by atoms with Crippen molar-refractivity contribution in [2.75, 3.05) is 64.8 Å². The zero-order chi connectivity index (χ0) is 19.7. The van der Waals surface area contributed by atoms with E-state index in [2.05, 4.69) is 24.7 Å². The number of likely N-dealkylation sites (N-methyl/N-ethyl adjacent to an activating group) is 1. The van der Waals surface area contributed by atoms with Gasteiger partial charge in [-0.3, -0.25) is 9.69 Å². The molecule has 1 aromatic rings. The van der Waals surface area contributed by atoms with Crippen LogP contribution in [0.2, 0.25) is 0 Å². The van der Waals surface area contributed by atoms with Crippen LogP contribution in [0.25, 0.3) is 0 Å². The molecule has 4 atom stereocenters. The fourth-order valence-electron chi connectivity index (χ4n) is 5.02. The van der Waals surface area contributed by atoms with Crippen LogP contribution in [-0.4, -0.2) is 108 Å². The number of hydrogen-bond acceptors (Lipinski definition) is 7. The lowest BCUT2D eigenvalue weighted by atomic mass is 9.77. The van der Waals surface area contributed by atoms with Gasteiger partial charge in [-0.2, -0.15) is 0 Å². The molecule has 1 amide bonds. The predicted octanol–water partition coefficient (Wildman–Crippen LogP) is -0.242. The molecule has 8 nitrogen and oxygen atoms in total. The van der Waals surface area contributed by atoms with Crippen LogP contribution >= 0.6 is 0 Å². The minimum Gasteiger partial charge on any atom is -0.391 e. The number of hydrogen-bond donors (Lipinski definition) is 1. The highest BCUT2D eigenvalue weighted by Crippen LogP contribution is 2.37. The lowest BCUT2D eigenvalue weighted by Gasteiger charge is -2.38. The van der Waals surface area contributed by atoms with Gasteiger partial charge in [0, 0.05) is 57.7 Å². The third-order valence-corrected chi connectivity index (χ3v) is 6.69. The zero-order valence-corrected chi connectivity index (χ0v) is 16.9. The summed E-state index contributed by atoms with van der Waals surface area (Å²) in [7, 11) is 4.07. The van der Waals surface area contributed by atoms with Crippen LogP contribution in [-0.2, 0) is 4.79 Å². The van der Waals surface area contributed by atoms with Crippen molar-refractivity contribution in [2.45, 2.75) is 25.0 Å². The fraction of sp³-hybridized carbons (Fsp3) is 0.750. The molecule has 0 radical (unpaired) electrons. The largest absolute Gasteiger partial charge is 0.391 e. The number of nitrogens with zero attached hydrogens (tertiary/aromatic N) is 6. The van der Waals surface area contributed by atoms with Crippen molar-refractivity contribution < 1.29 is 9.90 Å². The third-order valence-electron chi connectivity index (χ3n) is 6.69. The summed E-state index contributed by atoms with van der Waals surface area (Å²) >= 11 is 0. The van der Waals surface area contributed by atoms with E-state index < -0.39 is 0 Å². The summed E-state index contributed by atoms with van der Waals surface area (Å²) in [5.74, 6) is 1.97. The van der Waals surface area contributed by atoms with Crippen molar-refractivity contribution >= 4 is 11.9 Å². The molecule has 2 saturated heterocycles. The highest BCUT2D eigenvalue weighted by atomic mass is 16.3. The molecule has 0 spiro atoms. The van der Waals surface area contributed by atoms with Gasteiger partial charge in [-0.15, -0.1) is 0 Å². The second-order valence-corrected chi connectivity index (χ2v) is 8.70. The first-order valence-corrected chi connectivity index (χ1v) is 10.4. The second-order valence-electron chi connectivity index (χ2n) is 8.70. The molecule has 1 saturated carbocycles. The van der Waals surface area contributed by atoms with Crippen molar-refractivity contribution in [3.63, 3.8) is 0 Å². The van der Waals surface area contributed by atoms with E-state index in [0.29, 0.717) is 18.4 Å². The molecule has 0 unspecified atom stereocenters. The molecular formula is C20H32N6O2. The maximum atomic E-state index is 12.9. The Labute approximate surface area is 167 Å². The molecule has 3 fully saturated rings.